The molecule has 0 saturated heterocycles. The Morgan fingerprint density at radius 1 is 1.15 bits per heavy atom. The molecule has 112 valence electrons. The van der Waals surface area contributed by atoms with Crippen LogP contribution in [-0.4, -0.2) is 13.1 Å². The molecule has 0 radical (unpaired) electrons. The van der Waals surface area contributed by atoms with Crippen molar-refractivity contribution in [3.63, 3.8) is 0 Å². The summed E-state index contributed by atoms with van der Waals surface area (Å²) in [6, 6.07) is 4.68. The van der Waals surface area contributed by atoms with Gasteiger partial charge in [0.25, 0.3) is 0 Å². The van der Waals surface area contributed by atoms with E-state index in [1.54, 1.807) is 5.56 Å². The number of hydrogen-bond donors (Lipinski definition) is 1. The molecule has 1 saturated carbocycles. The maximum atomic E-state index is 3.67. The largest absolute Gasteiger partial charge is 0.316 e. The van der Waals surface area contributed by atoms with Crippen LogP contribution in [0.15, 0.2) is 12.1 Å². The fourth-order valence-corrected chi connectivity index (χ4v) is 3.57. The highest BCUT2D eigenvalue weighted by molar-refractivity contribution is 5.38. The molecule has 0 amide bonds. The molecule has 1 fully saturated rings. The Bertz CT molecular complexity index is 436. The highest BCUT2D eigenvalue weighted by atomic mass is 14.9. The lowest BCUT2D eigenvalue weighted by atomic mass is 9.76. The molecule has 2 rings (SSSR count). The fourth-order valence-electron chi connectivity index (χ4n) is 3.57. The lowest BCUT2D eigenvalue weighted by molar-refractivity contribution is 0.255. The molecule has 1 N–H and O–H groups in total. The van der Waals surface area contributed by atoms with E-state index in [0.29, 0.717) is 5.41 Å². The second-order valence-electron chi connectivity index (χ2n) is 7.16. The van der Waals surface area contributed by atoms with Gasteiger partial charge >= 0.3 is 0 Å². The molecule has 20 heavy (non-hydrogen) atoms. The van der Waals surface area contributed by atoms with Gasteiger partial charge in [0.05, 0.1) is 0 Å². The van der Waals surface area contributed by atoms with Gasteiger partial charge in [-0.05, 0) is 81.0 Å². The number of aryl methyl sites for hydroxylation is 3. The zero-order valence-corrected chi connectivity index (χ0v) is 14.0. The van der Waals surface area contributed by atoms with E-state index >= 15 is 0 Å². The summed E-state index contributed by atoms with van der Waals surface area (Å²) in [5.41, 5.74) is 6.36. The molecule has 0 heterocycles. The first-order valence-electron chi connectivity index (χ1n) is 8.23. The molecule has 1 unspecified atom stereocenters. The summed E-state index contributed by atoms with van der Waals surface area (Å²) in [4.78, 5) is 0. The number of rotatable bonds is 7. The normalized spacial score (nSPS) is 18.1. The third-order valence-electron chi connectivity index (χ3n) is 4.94. The molecule has 1 atom stereocenters. The van der Waals surface area contributed by atoms with E-state index in [9.17, 15) is 0 Å². The fraction of sp³-hybridized carbons (Fsp3) is 0.684. The van der Waals surface area contributed by atoms with Crippen LogP contribution in [0.2, 0.25) is 0 Å². The summed E-state index contributed by atoms with van der Waals surface area (Å²) < 4.78 is 0. The van der Waals surface area contributed by atoms with Gasteiger partial charge in [-0.2, -0.15) is 0 Å². The van der Waals surface area contributed by atoms with Crippen LogP contribution in [-0.2, 0) is 6.42 Å². The van der Waals surface area contributed by atoms with E-state index in [1.807, 2.05) is 0 Å². The molecule has 0 aliphatic heterocycles. The van der Waals surface area contributed by atoms with Gasteiger partial charge in [-0.25, -0.2) is 0 Å². The van der Waals surface area contributed by atoms with Crippen molar-refractivity contribution in [2.45, 2.75) is 60.3 Å². The Balaban J connectivity index is 2.16. The van der Waals surface area contributed by atoms with Gasteiger partial charge in [0.1, 0.15) is 0 Å². The minimum absolute atomic E-state index is 0.431. The van der Waals surface area contributed by atoms with Crippen molar-refractivity contribution in [2.75, 3.05) is 13.1 Å². The molecule has 1 heteroatoms. The summed E-state index contributed by atoms with van der Waals surface area (Å²) >= 11 is 0. The van der Waals surface area contributed by atoms with Crippen molar-refractivity contribution in [3.05, 3.63) is 34.4 Å². The Labute approximate surface area is 125 Å². The lowest BCUT2D eigenvalue weighted by Gasteiger charge is -2.32. The number of benzene rings is 1. The van der Waals surface area contributed by atoms with Crippen molar-refractivity contribution in [2.24, 2.45) is 11.3 Å². The zero-order chi connectivity index (χ0) is 14.8. The first kappa shape index (κ1) is 15.6. The SMILES string of the molecule is CCCNCC(C)(Cc1c(C)cc(C)cc1C)C1CC1. The van der Waals surface area contributed by atoms with Crippen molar-refractivity contribution in [3.8, 4) is 0 Å². The summed E-state index contributed by atoms with van der Waals surface area (Å²) in [5.74, 6) is 0.923. The third-order valence-corrected chi connectivity index (χ3v) is 4.94. The third kappa shape index (κ3) is 3.63. The predicted octanol–water partition coefficient (Wildman–Crippen LogP) is 4.57. The summed E-state index contributed by atoms with van der Waals surface area (Å²) in [7, 11) is 0. The maximum absolute atomic E-state index is 3.67. The maximum Gasteiger partial charge on any atom is 0.00110 e. The Hall–Kier alpha value is -0.820. The van der Waals surface area contributed by atoms with E-state index in [0.717, 1.165) is 19.0 Å². The van der Waals surface area contributed by atoms with Gasteiger partial charge < -0.3 is 5.32 Å². The standard InChI is InChI=1S/C19H31N/c1-6-9-20-13-19(5,17-7-8-17)12-18-15(3)10-14(2)11-16(18)4/h10-11,17,20H,6-9,12-13H2,1-5H3. The lowest BCUT2D eigenvalue weighted by Crippen LogP contribution is -2.36. The Kier molecular flexibility index (Phi) is 4.90. The van der Waals surface area contributed by atoms with Gasteiger partial charge in [0.15, 0.2) is 0 Å². The molecule has 1 aliphatic carbocycles. The van der Waals surface area contributed by atoms with E-state index in [2.05, 4.69) is 52.1 Å². The topological polar surface area (TPSA) is 12.0 Å². The smallest absolute Gasteiger partial charge is 0.00110 e. The minimum Gasteiger partial charge on any atom is -0.316 e. The van der Waals surface area contributed by atoms with E-state index in [1.165, 1.54) is 42.4 Å². The molecule has 1 aromatic rings. The quantitative estimate of drug-likeness (QED) is 0.718. The van der Waals surface area contributed by atoms with Crippen LogP contribution in [0.4, 0.5) is 0 Å². The van der Waals surface area contributed by atoms with Crippen molar-refractivity contribution >= 4 is 0 Å². The summed E-state index contributed by atoms with van der Waals surface area (Å²) in [6.07, 6.45) is 5.30. The molecule has 1 aliphatic rings. The highest BCUT2D eigenvalue weighted by Gasteiger charge is 2.41. The van der Waals surface area contributed by atoms with Gasteiger partial charge in [-0.1, -0.05) is 31.5 Å². The van der Waals surface area contributed by atoms with Gasteiger partial charge in [0, 0.05) is 6.54 Å². The Morgan fingerprint density at radius 2 is 1.75 bits per heavy atom. The van der Waals surface area contributed by atoms with Crippen LogP contribution in [0, 0.1) is 32.1 Å². The van der Waals surface area contributed by atoms with Crippen LogP contribution in [0.25, 0.3) is 0 Å². The molecular formula is C19H31N. The average Bonchev–Trinajstić information content (AvgIpc) is 3.18. The molecule has 0 spiro atoms. The second kappa shape index (κ2) is 6.30. The molecule has 0 aromatic heterocycles. The van der Waals surface area contributed by atoms with E-state index in [-0.39, 0.29) is 0 Å². The molecule has 1 nitrogen and oxygen atoms in total. The number of nitrogens with one attached hydrogen (secondary N) is 1. The number of hydrogen-bond acceptors (Lipinski definition) is 1. The molecule has 1 aromatic carbocycles. The van der Waals surface area contributed by atoms with Crippen LogP contribution in [0.3, 0.4) is 0 Å². The average molecular weight is 273 g/mol. The van der Waals surface area contributed by atoms with Crippen LogP contribution in [0.5, 0.6) is 0 Å². The first-order valence-corrected chi connectivity index (χ1v) is 8.23. The molecule has 0 bridgehead atoms. The van der Waals surface area contributed by atoms with E-state index in [4.69, 9.17) is 0 Å². The van der Waals surface area contributed by atoms with Crippen molar-refractivity contribution in [1.29, 1.82) is 0 Å². The highest BCUT2D eigenvalue weighted by Crippen LogP contribution is 2.47. The predicted molar refractivity (Wildman–Crippen MR) is 88.3 cm³/mol. The first-order chi connectivity index (χ1) is 9.46. The van der Waals surface area contributed by atoms with Crippen molar-refractivity contribution < 1.29 is 0 Å². The summed E-state index contributed by atoms with van der Waals surface area (Å²) in [5, 5.41) is 3.67. The van der Waals surface area contributed by atoms with Gasteiger partial charge in [-0.15, -0.1) is 0 Å². The zero-order valence-electron chi connectivity index (χ0n) is 14.0. The monoisotopic (exact) mass is 273 g/mol. The van der Waals surface area contributed by atoms with Gasteiger partial charge in [0.2, 0.25) is 0 Å². The van der Waals surface area contributed by atoms with Crippen LogP contribution >= 0.6 is 0 Å². The van der Waals surface area contributed by atoms with Crippen LogP contribution in [0.1, 0.15) is 55.4 Å². The minimum atomic E-state index is 0.431. The molecular weight excluding hydrogens is 242 g/mol. The van der Waals surface area contributed by atoms with Gasteiger partial charge in [-0.3, -0.25) is 0 Å². The second-order valence-corrected chi connectivity index (χ2v) is 7.16. The van der Waals surface area contributed by atoms with Crippen molar-refractivity contribution in [1.82, 2.24) is 5.32 Å². The summed E-state index contributed by atoms with van der Waals surface area (Å²) in [6.45, 7) is 13.8. The van der Waals surface area contributed by atoms with Crippen LogP contribution < -0.4 is 5.32 Å². The van der Waals surface area contributed by atoms with E-state index < -0.39 is 0 Å². The Morgan fingerprint density at radius 3 is 2.25 bits per heavy atom.